The molecule has 9 rings (SSSR count). The zero-order valence-corrected chi connectivity index (χ0v) is 43.4. The number of nitrogens with zero attached hydrogens (tertiary/aromatic N) is 5. The molecule has 6 atom stereocenters. The average Bonchev–Trinajstić information content (AvgIpc) is 3.92. The van der Waals surface area contributed by atoms with Crippen LogP contribution in [0.2, 0.25) is 0 Å². The van der Waals surface area contributed by atoms with Crippen molar-refractivity contribution in [3.63, 3.8) is 0 Å². The number of phosphoric ester groups is 1. The summed E-state index contributed by atoms with van der Waals surface area (Å²) in [6, 6.07) is 12.4. The zero-order valence-electron chi connectivity index (χ0n) is 39.9. The third-order valence-corrected chi connectivity index (χ3v) is 17.3. The van der Waals surface area contributed by atoms with Gasteiger partial charge in [0, 0.05) is 71.8 Å². The Morgan fingerprint density at radius 1 is 0.973 bits per heavy atom. The van der Waals surface area contributed by atoms with Gasteiger partial charge in [0.15, 0.2) is 23.5 Å². The van der Waals surface area contributed by atoms with Gasteiger partial charge in [-0.25, -0.2) is 32.6 Å². The van der Waals surface area contributed by atoms with Crippen LogP contribution in [0.5, 0.6) is 11.5 Å². The number of H-pyrrole nitrogens is 1. The molecule has 2 amide bonds. The fourth-order valence-corrected chi connectivity index (χ4v) is 13.4. The Labute approximate surface area is 429 Å². The van der Waals surface area contributed by atoms with Gasteiger partial charge in [-0.1, -0.05) is 0 Å². The summed E-state index contributed by atoms with van der Waals surface area (Å²) in [7, 11) is -11.3. The lowest BCUT2D eigenvalue weighted by molar-refractivity contribution is -0.0522. The van der Waals surface area contributed by atoms with E-state index in [1.165, 1.54) is 18.2 Å². The molecule has 2 aromatic heterocycles. The molecule has 4 aliphatic heterocycles. The smallest absolute Gasteiger partial charge is 0.478 e. The normalized spacial score (nSPS) is 20.7. The number of rotatable bonds is 17. The van der Waals surface area contributed by atoms with Crippen LogP contribution in [0.15, 0.2) is 53.6 Å². The van der Waals surface area contributed by atoms with Crippen LogP contribution in [0.4, 0.5) is 16.4 Å². The Balaban J connectivity index is 0.941. The van der Waals surface area contributed by atoms with E-state index in [2.05, 4.69) is 81.5 Å². The number of anilines is 2. The fourth-order valence-electron chi connectivity index (χ4n) is 9.64. The van der Waals surface area contributed by atoms with Gasteiger partial charge in [0.2, 0.25) is 11.3 Å². The van der Waals surface area contributed by atoms with E-state index in [9.17, 15) is 58.1 Å². The molecule has 4 aliphatic rings. The standard InChI is InChI=1S/C44H50N9O18P3S/c1-3-51-13-5-7-22-15-27-31(18-29(22)51)67-32-19-30-23(8-6-14-52(30)4-2)16-28(32)34(27)26-17-24(9-10-25(26)42(57)58)39(55)46-11-12-47-44(59)69-37-36(54)33(20-66-72(60,61)70-73(62,63)71-74(64,65)75)68-41(37)53-21-48-35-38(53)49-43(45)50-40(35)56/h9-10,15-19,21,33,36-37,41,54H,3-8,11-14,20H2,1-2H3,(H9-,45,46,47,49,50,55,56,57,58,59,60,61,62,63,64,65,75)/p+1/t33-,36-,37-,41-/m1/s1. The molecule has 0 spiro atoms. The number of nitrogens with two attached hydrogens (primary N) is 1. The number of aromatic nitrogens is 4. The van der Waals surface area contributed by atoms with E-state index in [1.807, 2.05) is 12.1 Å². The second-order valence-electron chi connectivity index (χ2n) is 17.6. The second kappa shape index (κ2) is 21.2. The molecule has 0 radical (unpaired) electrons. The molecule has 11 N–H and O–H groups in total. The van der Waals surface area contributed by atoms with Crippen LogP contribution in [0.1, 0.15) is 75.9 Å². The highest BCUT2D eigenvalue weighted by Gasteiger charge is 2.50. The molecule has 400 valence electrons. The predicted octanol–water partition coefficient (Wildman–Crippen LogP) is 1.23. The second-order valence-corrected chi connectivity index (χ2v) is 23.5. The van der Waals surface area contributed by atoms with Gasteiger partial charge < -0.3 is 65.3 Å². The maximum Gasteiger partial charge on any atom is 0.488 e. The molecule has 3 aromatic carbocycles. The number of hydrogen-bond donors (Lipinski definition) is 10. The topological polar surface area (TPSA) is 382 Å². The number of nitrogen functional groups attached to an aromatic ring is 1. The highest BCUT2D eigenvalue weighted by atomic mass is 32.5. The monoisotopic (exact) mass is 1120 g/mol. The number of benzene rings is 3. The summed E-state index contributed by atoms with van der Waals surface area (Å²) in [6.07, 6.45) is -3.66. The van der Waals surface area contributed by atoms with Crippen LogP contribution in [0.3, 0.4) is 0 Å². The van der Waals surface area contributed by atoms with E-state index in [0.29, 0.717) is 33.4 Å². The summed E-state index contributed by atoms with van der Waals surface area (Å²) in [5.41, 5.74) is 9.40. The summed E-state index contributed by atoms with van der Waals surface area (Å²) in [5.74, 6) is -1.07. The minimum atomic E-state index is -5.71. The van der Waals surface area contributed by atoms with Crippen LogP contribution in [-0.2, 0) is 56.4 Å². The highest BCUT2D eigenvalue weighted by molar-refractivity contribution is 8.08. The van der Waals surface area contributed by atoms with Crippen LogP contribution in [-0.4, -0.2) is 131 Å². The average molecular weight is 1120 g/mol. The van der Waals surface area contributed by atoms with Gasteiger partial charge in [-0.2, -0.15) is 9.29 Å². The minimum Gasteiger partial charge on any atom is -0.478 e. The van der Waals surface area contributed by atoms with E-state index in [0.717, 1.165) is 84.9 Å². The molecule has 6 heterocycles. The van der Waals surface area contributed by atoms with E-state index >= 15 is 0 Å². The molecule has 0 aliphatic carbocycles. The molecule has 2 unspecified atom stereocenters. The number of nitrogens with one attached hydrogen (secondary N) is 3. The lowest BCUT2D eigenvalue weighted by Gasteiger charge is -2.32. The largest absolute Gasteiger partial charge is 0.488 e. The Bertz CT molecular complexity index is 3500. The first-order chi connectivity index (χ1) is 35.5. The van der Waals surface area contributed by atoms with Crippen LogP contribution >= 0.6 is 22.4 Å². The summed E-state index contributed by atoms with van der Waals surface area (Å²) in [4.78, 5) is 104. The lowest BCUT2D eigenvalue weighted by Crippen LogP contribution is -2.41. The molecule has 31 heteroatoms. The number of aromatic carboxylic acids is 1. The number of amides is 2. The van der Waals surface area contributed by atoms with Gasteiger partial charge in [0.1, 0.15) is 36.8 Å². The van der Waals surface area contributed by atoms with Crippen molar-refractivity contribution in [1.29, 1.82) is 0 Å². The van der Waals surface area contributed by atoms with Crippen LogP contribution in [0, 0.1) is 0 Å². The summed E-state index contributed by atoms with van der Waals surface area (Å²) in [6.45, 7) is 1.06. The number of carbonyl (C=O) groups excluding carboxylic acids is 2. The van der Waals surface area contributed by atoms with Crippen molar-refractivity contribution in [3.8, 4) is 11.5 Å². The number of fused-ring (bicyclic) bond motifs is 5. The van der Waals surface area contributed by atoms with Gasteiger partial charge in [-0.05, 0) is 86.4 Å². The Hall–Kier alpha value is -5.96. The Kier molecular flexibility index (Phi) is 15.2. The van der Waals surface area contributed by atoms with E-state index in [1.54, 1.807) is 0 Å². The van der Waals surface area contributed by atoms with E-state index in [4.69, 9.17) is 24.5 Å². The number of imidazole rings is 1. The minimum absolute atomic E-state index is 0.0413. The number of alkyl carbamates (subject to hydrolysis) is 1. The number of carbonyl (C=O) groups is 3. The molecule has 5 aromatic rings. The van der Waals surface area contributed by atoms with Gasteiger partial charge in [0.05, 0.1) is 24.6 Å². The molecule has 1 fully saturated rings. The van der Waals surface area contributed by atoms with Gasteiger partial charge in [-0.15, -0.1) is 0 Å². The molecule has 0 saturated carbocycles. The Morgan fingerprint density at radius 3 is 2.47 bits per heavy atom. The number of hydrogen-bond acceptors (Lipinski definition) is 18. The van der Waals surface area contributed by atoms with Crippen molar-refractivity contribution < 1.29 is 80.7 Å². The van der Waals surface area contributed by atoms with Crippen molar-refractivity contribution in [2.75, 3.05) is 56.5 Å². The first-order valence-corrected chi connectivity index (χ1v) is 29.0. The van der Waals surface area contributed by atoms with Crippen LogP contribution < -0.4 is 46.7 Å². The maximum absolute atomic E-state index is 13.9. The van der Waals surface area contributed by atoms with Crippen molar-refractivity contribution >= 4 is 80.5 Å². The SMILES string of the molecule is CCN1CCCc2cc3c(cc21)Oc1cc2c(cc1=C3c1cc(C(=O)NCCNC(=O)O[C@@H]3[C@H](O)[C@@H](COP(=O)(O)OP(=O)(O)OP(O)(O)=S)O[C@H]3n3cnc4c(=O)[nH]c(N)nc43)ccc1C(=O)O)CCC[N+]=2CC. The fraction of sp³-hybridized carbons (Fsp3) is 0.386. The maximum atomic E-state index is 13.9. The molecular formula is C44H51N9O18P3S+. The van der Waals surface area contributed by atoms with Crippen molar-refractivity contribution in [1.82, 2.24) is 34.7 Å². The predicted molar refractivity (Wildman–Crippen MR) is 268 cm³/mol. The number of carboxylic acid groups (broad SMARTS) is 1. The number of aromatic amines is 1. The van der Waals surface area contributed by atoms with E-state index < -0.39 is 77.0 Å². The number of aryl methyl sites for hydroxylation is 2. The first kappa shape index (κ1) is 53.9. The molecule has 1 saturated heterocycles. The zero-order chi connectivity index (χ0) is 53.7. The lowest BCUT2D eigenvalue weighted by atomic mass is 9.85. The number of aliphatic hydroxyl groups excluding tert-OH is 1. The molecule has 0 bridgehead atoms. The van der Waals surface area contributed by atoms with E-state index in [-0.39, 0.29) is 41.3 Å². The number of phosphoric acid groups is 2. The van der Waals surface area contributed by atoms with Crippen molar-refractivity contribution in [2.24, 2.45) is 0 Å². The summed E-state index contributed by atoms with van der Waals surface area (Å²) >= 11 is 4.09. The Morgan fingerprint density at radius 2 is 1.73 bits per heavy atom. The summed E-state index contributed by atoms with van der Waals surface area (Å²) in [5, 5.41) is 28.9. The van der Waals surface area contributed by atoms with Crippen molar-refractivity contribution in [2.45, 2.75) is 64.1 Å². The number of ether oxygens (including phenoxy) is 3. The quantitative estimate of drug-likeness (QED) is 0.0349. The molecule has 75 heavy (non-hydrogen) atoms. The number of carboxylic acids is 1. The summed E-state index contributed by atoms with van der Waals surface area (Å²) < 4.78 is 58.7. The highest BCUT2D eigenvalue weighted by Crippen LogP contribution is 2.66. The third-order valence-electron chi connectivity index (χ3n) is 12.9. The van der Waals surface area contributed by atoms with Gasteiger partial charge in [-0.3, -0.25) is 23.7 Å². The number of aliphatic hydroxyl groups is 1. The first-order valence-electron chi connectivity index (χ1n) is 23.4. The molecule has 27 nitrogen and oxygen atoms in total. The van der Waals surface area contributed by atoms with Gasteiger partial charge >= 0.3 is 34.4 Å². The van der Waals surface area contributed by atoms with Gasteiger partial charge in [0.25, 0.3) is 11.5 Å². The van der Waals surface area contributed by atoms with Crippen molar-refractivity contribution in [3.05, 3.63) is 103 Å². The third kappa shape index (κ3) is 11.4. The molecular weight excluding hydrogens is 1070 g/mol. The van der Waals surface area contributed by atoms with Crippen LogP contribution in [0.25, 0.3) is 16.7 Å².